The average Bonchev–Trinajstić information content (AvgIpc) is 3.02. The van der Waals surface area contributed by atoms with Crippen LogP contribution in [0.4, 0.5) is 10.1 Å². The second-order valence-electron chi connectivity index (χ2n) is 6.19. The second kappa shape index (κ2) is 6.89. The molecule has 0 saturated carbocycles. The molecule has 0 fully saturated rings. The van der Waals surface area contributed by atoms with Crippen molar-refractivity contribution >= 4 is 22.4 Å². The van der Waals surface area contributed by atoms with Crippen LogP contribution in [-0.4, -0.2) is 15.0 Å². The molecule has 3 N–H and O–H groups in total. The summed E-state index contributed by atoms with van der Waals surface area (Å²) in [6.07, 6.45) is 8.01. The smallest absolute Gasteiger partial charge is 0.178 e. The number of nitrogens with one attached hydrogen (secondary N) is 1. The Morgan fingerprint density at radius 2 is 2.08 bits per heavy atom. The van der Waals surface area contributed by atoms with Crippen molar-refractivity contribution in [3.05, 3.63) is 60.1 Å². The molecular formula is C20H21FN4. The predicted molar refractivity (Wildman–Crippen MR) is 101 cm³/mol. The van der Waals surface area contributed by atoms with Gasteiger partial charge in [0.25, 0.3) is 0 Å². The number of benzene rings is 1. The molecule has 0 bridgehead atoms. The quantitative estimate of drug-likeness (QED) is 0.522. The van der Waals surface area contributed by atoms with Crippen molar-refractivity contribution in [3.8, 4) is 11.4 Å². The van der Waals surface area contributed by atoms with Crippen molar-refractivity contribution in [2.45, 2.75) is 20.8 Å². The zero-order chi connectivity index (χ0) is 18.0. The van der Waals surface area contributed by atoms with Gasteiger partial charge in [-0.15, -0.1) is 0 Å². The van der Waals surface area contributed by atoms with Gasteiger partial charge in [-0.1, -0.05) is 38.1 Å². The highest BCUT2D eigenvalue weighted by atomic mass is 19.1. The molecule has 0 spiro atoms. The summed E-state index contributed by atoms with van der Waals surface area (Å²) >= 11 is 0. The molecular weight excluding hydrogens is 315 g/mol. The highest BCUT2D eigenvalue weighted by Gasteiger charge is 2.14. The van der Waals surface area contributed by atoms with Gasteiger partial charge in [0.1, 0.15) is 11.6 Å². The molecule has 0 atom stereocenters. The minimum Gasteiger partial charge on any atom is -0.396 e. The molecule has 4 nitrogen and oxygen atoms in total. The Morgan fingerprint density at radius 3 is 2.80 bits per heavy atom. The SMILES string of the molecule is C/C=C(\C=C/C(C)C)c1ccnc2nc(-c3cccc(F)c3N)[nH]c12. The van der Waals surface area contributed by atoms with Crippen LogP contribution in [0, 0.1) is 11.7 Å². The highest BCUT2D eigenvalue weighted by Crippen LogP contribution is 2.30. The van der Waals surface area contributed by atoms with Crippen LogP contribution in [0.1, 0.15) is 26.3 Å². The van der Waals surface area contributed by atoms with Crippen LogP contribution in [-0.2, 0) is 0 Å². The number of nitrogens with two attached hydrogens (primary N) is 1. The van der Waals surface area contributed by atoms with E-state index in [-0.39, 0.29) is 5.69 Å². The monoisotopic (exact) mass is 336 g/mol. The van der Waals surface area contributed by atoms with Gasteiger partial charge >= 0.3 is 0 Å². The van der Waals surface area contributed by atoms with Crippen molar-refractivity contribution in [1.29, 1.82) is 0 Å². The van der Waals surface area contributed by atoms with E-state index in [1.807, 2.05) is 19.1 Å². The van der Waals surface area contributed by atoms with Crippen LogP contribution in [0.15, 0.2) is 48.7 Å². The Labute approximate surface area is 146 Å². The van der Waals surface area contributed by atoms with E-state index in [1.165, 1.54) is 6.07 Å². The molecule has 0 radical (unpaired) electrons. The Balaban J connectivity index is 2.14. The number of aromatic nitrogens is 3. The number of hydrogen-bond donors (Lipinski definition) is 2. The van der Waals surface area contributed by atoms with E-state index in [1.54, 1.807) is 18.3 Å². The van der Waals surface area contributed by atoms with Crippen molar-refractivity contribution in [3.63, 3.8) is 0 Å². The summed E-state index contributed by atoms with van der Waals surface area (Å²) in [4.78, 5) is 12.1. The molecule has 3 rings (SSSR count). The van der Waals surface area contributed by atoms with Gasteiger partial charge < -0.3 is 10.7 Å². The molecule has 1 aromatic carbocycles. The normalized spacial score (nSPS) is 12.6. The first-order chi connectivity index (χ1) is 12.0. The first-order valence-corrected chi connectivity index (χ1v) is 8.25. The highest BCUT2D eigenvalue weighted by molar-refractivity contribution is 5.92. The van der Waals surface area contributed by atoms with Gasteiger partial charge in [0.2, 0.25) is 0 Å². The minimum absolute atomic E-state index is 0.0778. The van der Waals surface area contributed by atoms with Crippen LogP contribution >= 0.6 is 0 Å². The zero-order valence-electron chi connectivity index (χ0n) is 14.5. The van der Waals surface area contributed by atoms with Crippen LogP contribution in [0.3, 0.4) is 0 Å². The summed E-state index contributed by atoms with van der Waals surface area (Å²) in [5, 5.41) is 0. The lowest BCUT2D eigenvalue weighted by Crippen LogP contribution is -1.95. The van der Waals surface area contributed by atoms with Crippen LogP contribution in [0.2, 0.25) is 0 Å². The predicted octanol–water partition coefficient (Wildman–Crippen LogP) is 4.96. The van der Waals surface area contributed by atoms with E-state index in [9.17, 15) is 4.39 Å². The zero-order valence-corrected chi connectivity index (χ0v) is 14.5. The maximum atomic E-state index is 13.8. The van der Waals surface area contributed by atoms with Gasteiger partial charge in [-0.05, 0) is 36.6 Å². The fourth-order valence-electron chi connectivity index (χ4n) is 2.66. The Hall–Kier alpha value is -2.95. The molecule has 0 unspecified atom stereocenters. The number of fused-ring (bicyclic) bond motifs is 1. The summed E-state index contributed by atoms with van der Waals surface area (Å²) in [5.41, 5.74) is 9.93. The Kier molecular flexibility index (Phi) is 4.65. The van der Waals surface area contributed by atoms with Gasteiger partial charge in [0.05, 0.1) is 11.2 Å². The standard InChI is InChI=1S/C20H21FN4/c1-4-13(9-8-12(2)3)14-10-11-23-20-18(14)24-19(25-20)15-6-5-7-16(21)17(15)22/h4-12H,22H2,1-3H3,(H,23,24,25)/b9-8-,13-4+. The van der Waals surface area contributed by atoms with E-state index in [0.717, 1.165) is 16.7 Å². The summed E-state index contributed by atoms with van der Waals surface area (Å²) in [7, 11) is 0. The summed E-state index contributed by atoms with van der Waals surface area (Å²) in [6, 6.07) is 6.63. The molecule has 0 aliphatic rings. The van der Waals surface area contributed by atoms with E-state index >= 15 is 0 Å². The summed E-state index contributed by atoms with van der Waals surface area (Å²) in [5.74, 6) is 0.507. The largest absolute Gasteiger partial charge is 0.396 e. The summed E-state index contributed by atoms with van der Waals surface area (Å²) < 4.78 is 13.8. The average molecular weight is 336 g/mol. The van der Waals surface area contributed by atoms with Crippen LogP contribution in [0.5, 0.6) is 0 Å². The lowest BCUT2D eigenvalue weighted by molar-refractivity contribution is 0.633. The molecule has 2 heterocycles. The number of anilines is 1. The molecule has 128 valence electrons. The number of pyridine rings is 1. The second-order valence-corrected chi connectivity index (χ2v) is 6.19. The van der Waals surface area contributed by atoms with Crippen molar-refractivity contribution in [2.75, 3.05) is 5.73 Å². The number of nitrogen functional groups attached to an aromatic ring is 1. The van der Waals surface area contributed by atoms with Crippen molar-refractivity contribution in [2.24, 2.45) is 5.92 Å². The number of para-hydroxylation sites is 1. The topological polar surface area (TPSA) is 67.6 Å². The fourth-order valence-corrected chi connectivity index (χ4v) is 2.66. The van der Waals surface area contributed by atoms with Gasteiger partial charge in [-0.25, -0.2) is 14.4 Å². The van der Waals surface area contributed by atoms with Gasteiger partial charge in [-0.3, -0.25) is 0 Å². The molecule has 0 aliphatic heterocycles. The Bertz CT molecular complexity index is 967. The van der Waals surface area contributed by atoms with Crippen LogP contribution in [0.25, 0.3) is 28.1 Å². The van der Waals surface area contributed by atoms with Crippen LogP contribution < -0.4 is 5.73 Å². The molecule has 0 saturated heterocycles. The first-order valence-electron chi connectivity index (χ1n) is 8.25. The molecule has 0 aliphatic carbocycles. The molecule has 3 aromatic rings. The Morgan fingerprint density at radius 1 is 1.28 bits per heavy atom. The molecule has 0 amide bonds. The third kappa shape index (κ3) is 3.31. The number of hydrogen-bond acceptors (Lipinski definition) is 3. The van der Waals surface area contributed by atoms with E-state index in [0.29, 0.717) is 23.0 Å². The minimum atomic E-state index is -0.458. The molecule has 5 heteroatoms. The first kappa shape index (κ1) is 16.9. The van der Waals surface area contributed by atoms with Gasteiger partial charge in [0, 0.05) is 17.3 Å². The number of allylic oxidation sites excluding steroid dienone is 4. The number of halogens is 1. The number of imidazole rings is 1. The third-order valence-electron chi connectivity index (χ3n) is 3.98. The van der Waals surface area contributed by atoms with Gasteiger partial charge in [-0.2, -0.15) is 0 Å². The number of H-pyrrole nitrogens is 1. The number of nitrogens with zero attached hydrogens (tertiary/aromatic N) is 2. The number of rotatable bonds is 4. The lowest BCUT2D eigenvalue weighted by atomic mass is 10.0. The number of aromatic amines is 1. The molecule has 25 heavy (non-hydrogen) atoms. The van der Waals surface area contributed by atoms with Crippen molar-refractivity contribution < 1.29 is 4.39 Å². The van der Waals surface area contributed by atoms with Gasteiger partial charge in [0.15, 0.2) is 5.65 Å². The fraction of sp³-hybridized carbons (Fsp3) is 0.200. The maximum Gasteiger partial charge on any atom is 0.178 e. The van der Waals surface area contributed by atoms with E-state index < -0.39 is 5.82 Å². The van der Waals surface area contributed by atoms with Crippen molar-refractivity contribution in [1.82, 2.24) is 15.0 Å². The maximum absolute atomic E-state index is 13.8. The lowest BCUT2D eigenvalue weighted by Gasteiger charge is -2.04. The molecule has 2 aromatic heterocycles. The summed E-state index contributed by atoms with van der Waals surface area (Å²) in [6.45, 7) is 6.26. The third-order valence-corrected chi connectivity index (χ3v) is 3.98. The van der Waals surface area contributed by atoms with E-state index in [2.05, 4.69) is 41.0 Å². The van der Waals surface area contributed by atoms with E-state index in [4.69, 9.17) is 5.73 Å².